The van der Waals surface area contributed by atoms with Crippen molar-refractivity contribution in [2.75, 3.05) is 26.2 Å². The van der Waals surface area contributed by atoms with Crippen LogP contribution in [0.15, 0.2) is 24.3 Å². The molecule has 3 N–H and O–H groups in total. The fourth-order valence-electron chi connectivity index (χ4n) is 2.56. The van der Waals surface area contributed by atoms with Crippen LogP contribution in [-0.4, -0.2) is 42.2 Å². The molecule has 1 aliphatic heterocycles. The standard InChI is InChI=1S/C15H22N2O2/c16-8-7-12-3-5-14(6-4-12)15(19)17-9-1-2-13(10-17)11-18/h3-6,13,18H,1-2,7-11,16H2. The van der Waals surface area contributed by atoms with E-state index in [1.54, 1.807) is 0 Å². The molecule has 19 heavy (non-hydrogen) atoms. The molecule has 1 atom stereocenters. The van der Waals surface area contributed by atoms with E-state index in [1.807, 2.05) is 29.2 Å². The van der Waals surface area contributed by atoms with Crippen molar-refractivity contribution >= 4 is 5.91 Å². The van der Waals surface area contributed by atoms with Gasteiger partial charge >= 0.3 is 0 Å². The lowest BCUT2D eigenvalue weighted by Crippen LogP contribution is -2.40. The molecule has 104 valence electrons. The molecular weight excluding hydrogens is 240 g/mol. The molecule has 4 heteroatoms. The highest BCUT2D eigenvalue weighted by Gasteiger charge is 2.23. The minimum absolute atomic E-state index is 0.0671. The third-order valence-corrected chi connectivity index (χ3v) is 3.70. The molecule has 1 heterocycles. The van der Waals surface area contributed by atoms with Gasteiger partial charge in [0, 0.05) is 25.3 Å². The fourth-order valence-corrected chi connectivity index (χ4v) is 2.56. The van der Waals surface area contributed by atoms with Gasteiger partial charge in [-0.1, -0.05) is 12.1 Å². The van der Waals surface area contributed by atoms with Gasteiger partial charge < -0.3 is 15.7 Å². The number of carbonyl (C=O) groups excluding carboxylic acids is 1. The number of carbonyl (C=O) groups is 1. The predicted molar refractivity (Wildman–Crippen MR) is 74.9 cm³/mol. The predicted octanol–water partition coefficient (Wildman–Crippen LogP) is 1.03. The Bertz CT molecular complexity index is 417. The van der Waals surface area contributed by atoms with Gasteiger partial charge in [0.05, 0.1) is 0 Å². The topological polar surface area (TPSA) is 66.6 Å². The average molecular weight is 262 g/mol. The number of rotatable bonds is 4. The number of hydrogen-bond acceptors (Lipinski definition) is 3. The van der Waals surface area contributed by atoms with E-state index in [0.717, 1.165) is 36.9 Å². The van der Waals surface area contributed by atoms with Crippen LogP contribution in [0.25, 0.3) is 0 Å². The van der Waals surface area contributed by atoms with E-state index in [2.05, 4.69) is 0 Å². The molecule has 1 aromatic carbocycles. The van der Waals surface area contributed by atoms with Crippen LogP contribution >= 0.6 is 0 Å². The largest absolute Gasteiger partial charge is 0.396 e. The molecule has 0 saturated carbocycles. The number of nitrogens with zero attached hydrogens (tertiary/aromatic N) is 1. The van der Waals surface area contributed by atoms with Crippen molar-refractivity contribution in [1.82, 2.24) is 4.90 Å². The van der Waals surface area contributed by atoms with Gasteiger partial charge in [0.1, 0.15) is 0 Å². The molecule has 0 spiro atoms. The Morgan fingerprint density at radius 3 is 2.74 bits per heavy atom. The number of likely N-dealkylation sites (tertiary alicyclic amines) is 1. The van der Waals surface area contributed by atoms with Gasteiger partial charge in [-0.15, -0.1) is 0 Å². The average Bonchev–Trinajstić information content (AvgIpc) is 2.48. The van der Waals surface area contributed by atoms with E-state index >= 15 is 0 Å². The van der Waals surface area contributed by atoms with Crippen LogP contribution in [0.3, 0.4) is 0 Å². The Morgan fingerprint density at radius 1 is 1.37 bits per heavy atom. The van der Waals surface area contributed by atoms with Crippen LogP contribution in [0.1, 0.15) is 28.8 Å². The summed E-state index contributed by atoms with van der Waals surface area (Å²) in [7, 11) is 0. The molecule has 1 amide bonds. The molecule has 0 aromatic heterocycles. The van der Waals surface area contributed by atoms with E-state index in [1.165, 1.54) is 0 Å². The van der Waals surface area contributed by atoms with Gasteiger partial charge in [-0.3, -0.25) is 4.79 Å². The van der Waals surface area contributed by atoms with Crippen molar-refractivity contribution in [2.45, 2.75) is 19.3 Å². The maximum Gasteiger partial charge on any atom is 0.253 e. The first-order valence-corrected chi connectivity index (χ1v) is 6.93. The molecule has 4 nitrogen and oxygen atoms in total. The number of nitrogens with two attached hydrogens (primary N) is 1. The van der Waals surface area contributed by atoms with Gasteiger partial charge in [0.25, 0.3) is 5.91 Å². The van der Waals surface area contributed by atoms with E-state index in [9.17, 15) is 9.90 Å². The van der Waals surface area contributed by atoms with Crippen LogP contribution in [0.4, 0.5) is 0 Å². The van der Waals surface area contributed by atoms with Crippen LogP contribution in [-0.2, 0) is 6.42 Å². The maximum atomic E-state index is 12.3. The highest BCUT2D eigenvalue weighted by Crippen LogP contribution is 2.18. The molecule has 1 aromatic rings. The highest BCUT2D eigenvalue weighted by molar-refractivity contribution is 5.94. The number of piperidine rings is 1. The number of benzene rings is 1. The Morgan fingerprint density at radius 2 is 2.11 bits per heavy atom. The number of aliphatic hydroxyl groups is 1. The van der Waals surface area contributed by atoms with Gasteiger partial charge in [-0.25, -0.2) is 0 Å². The van der Waals surface area contributed by atoms with Gasteiger partial charge in [-0.05, 0) is 49.4 Å². The van der Waals surface area contributed by atoms with Crippen molar-refractivity contribution in [1.29, 1.82) is 0 Å². The van der Waals surface area contributed by atoms with Crippen LogP contribution in [0.2, 0.25) is 0 Å². The van der Waals surface area contributed by atoms with Crippen LogP contribution in [0, 0.1) is 5.92 Å². The molecular formula is C15H22N2O2. The molecule has 0 bridgehead atoms. The maximum absolute atomic E-state index is 12.3. The van der Waals surface area contributed by atoms with Crippen molar-refractivity contribution in [3.8, 4) is 0 Å². The lowest BCUT2D eigenvalue weighted by molar-refractivity contribution is 0.0620. The number of aliphatic hydroxyl groups excluding tert-OH is 1. The Labute approximate surface area is 114 Å². The first-order valence-electron chi connectivity index (χ1n) is 6.93. The zero-order chi connectivity index (χ0) is 13.7. The monoisotopic (exact) mass is 262 g/mol. The van der Waals surface area contributed by atoms with Crippen LogP contribution < -0.4 is 5.73 Å². The first-order chi connectivity index (χ1) is 9.24. The summed E-state index contributed by atoms with van der Waals surface area (Å²) in [5, 5.41) is 9.21. The Hall–Kier alpha value is -1.39. The second-order valence-corrected chi connectivity index (χ2v) is 5.18. The van der Waals surface area contributed by atoms with E-state index < -0.39 is 0 Å². The minimum Gasteiger partial charge on any atom is -0.396 e. The summed E-state index contributed by atoms with van der Waals surface area (Å²) in [4.78, 5) is 14.2. The summed E-state index contributed by atoms with van der Waals surface area (Å²) >= 11 is 0. The summed E-state index contributed by atoms with van der Waals surface area (Å²) in [6, 6.07) is 7.67. The summed E-state index contributed by atoms with van der Waals surface area (Å²) in [5.74, 6) is 0.298. The number of amides is 1. The van der Waals surface area contributed by atoms with Crippen LogP contribution in [0.5, 0.6) is 0 Å². The fraction of sp³-hybridized carbons (Fsp3) is 0.533. The van der Waals surface area contributed by atoms with Gasteiger partial charge in [0.2, 0.25) is 0 Å². The summed E-state index contributed by atoms with van der Waals surface area (Å²) in [6.45, 7) is 2.25. The molecule has 1 fully saturated rings. The van der Waals surface area contributed by atoms with Gasteiger partial charge in [0.15, 0.2) is 0 Å². The van der Waals surface area contributed by atoms with Crippen molar-refractivity contribution in [3.05, 3.63) is 35.4 Å². The second-order valence-electron chi connectivity index (χ2n) is 5.18. The summed E-state index contributed by atoms with van der Waals surface area (Å²) < 4.78 is 0. The SMILES string of the molecule is NCCc1ccc(C(=O)N2CCCC(CO)C2)cc1. The second kappa shape index (κ2) is 6.68. The Kier molecular flexibility index (Phi) is 4.93. The molecule has 1 saturated heterocycles. The van der Waals surface area contributed by atoms with Gasteiger partial charge in [-0.2, -0.15) is 0 Å². The molecule has 0 aliphatic carbocycles. The Balaban J connectivity index is 2.02. The smallest absolute Gasteiger partial charge is 0.253 e. The van der Waals surface area contributed by atoms with E-state index in [0.29, 0.717) is 13.1 Å². The zero-order valence-corrected chi connectivity index (χ0v) is 11.2. The van der Waals surface area contributed by atoms with Crippen molar-refractivity contribution in [2.24, 2.45) is 11.7 Å². The van der Waals surface area contributed by atoms with Crippen molar-refractivity contribution in [3.63, 3.8) is 0 Å². The lowest BCUT2D eigenvalue weighted by Gasteiger charge is -2.31. The first kappa shape index (κ1) is 14.0. The molecule has 1 aliphatic rings. The normalized spacial score (nSPS) is 19.5. The third kappa shape index (κ3) is 3.55. The van der Waals surface area contributed by atoms with Crippen molar-refractivity contribution < 1.29 is 9.90 Å². The lowest BCUT2D eigenvalue weighted by atomic mass is 9.98. The van der Waals surface area contributed by atoms with E-state index in [-0.39, 0.29) is 18.4 Å². The summed E-state index contributed by atoms with van der Waals surface area (Å²) in [6.07, 6.45) is 2.82. The quantitative estimate of drug-likeness (QED) is 0.851. The number of hydrogen-bond donors (Lipinski definition) is 2. The zero-order valence-electron chi connectivity index (χ0n) is 11.2. The summed E-state index contributed by atoms with van der Waals surface area (Å²) in [5.41, 5.74) is 7.39. The molecule has 2 rings (SSSR count). The molecule has 0 radical (unpaired) electrons. The van der Waals surface area contributed by atoms with E-state index in [4.69, 9.17) is 5.73 Å². The third-order valence-electron chi connectivity index (χ3n) is 3.70. The highest BCUT2D eigenvalue weighted by atomic mass is 16.3. The molecule has 1 unspecified atom stereocenters. The minimum atomic E-state index is 0.0671.